The number of hydrogen-bond acceptors (Lipinski definition) is 11. The Bertz CT molecular complexity index is 2260. The maximum atomic E-state index is 13.0. The highest BCUT2D eigenvalue weighted by atomic mass is 35.5. The molecule has 60 heavy (non-hydrogen) atoms. The molecule has 0 spiro atoms. The summed E-state index contributed by atoms with van der Waals surface area (Å²) >= 11 is 12.1. The van der Waals surface area contributed by atoms with Crippen LogP contribution in [0.2, 0.25) is 5.02 Å². The summed E-state index contributed by atoms with van der Waals surface area (Å²) < 4.78 is 40.9. The highest BCUT2D eigenvalue weighted by molar-refractivity contribution is 7.51. The zero-order chi connectivity index (χ0) is 44.7. The van der Waals surface area contributed by atoms with E-state index in [0.29, 0.717) is 46.3 Å². The zero-order valence-electron chi connectivity index (χ0n) is 31.6. The normalized spacial score (nSPS) is 14.0. The molecular weight excluding hydrogens is 860 g/mol. The lowest BCUT2D eigenvalue weighted by Crippen LogP contribution is -2.31. The Hall–Kier alpha value is -5.89. The molecule has 1 aliphatic heterocycles. The van der Waals surface area contributed by atoms with Crippen LogP contribution in [-0.2, 0) is 28.5 Å². The number of ether oxygens (including phenoxy) is 1. The number of nitrogens with one attached hydrogen (secondary N) is 3. The van der Waals surface area contributed by atoms with Gasteiger partial charge in [0.2, 0.25) is 0 Å². The molecule has 0 unspecified atom stereocenters. The van der Waals surface area contributed by atoms with Crippen LogP contribution >= 0.6 is 30.8 Å². The van der Waals surface area contributed by atoms with Gasteiger partial charge in [0.05, 0.1) is 36.4 Å². The van der Waals surface area contributed by atoms with Gasteiger partial charge in [0.1, 0.15) is 22.4 Å². The number of carboxylic acid groups (broad SMARTS) is 2. The topological polar surface area (TPSA) is 274 Å². The number of aliphatic carboxylic acids is 1. The number of anilines is 2. The molecule has 4 amide bonds. The van der Waals surface area contributed by atoms with Crippen LogP contribution in [0.1, 0.15) is 61.1 Å². The van der Waals surface area contributed by atoms with Crippen molar-refractivity contribution in [2.24, 2.45) is 5.10 Å². The standard InChI is InChI=1S/C19H17Cl2NO4.C15H12F2N4O3.C3H8NO5P/c1-2-26-19(25)16(21)10-11-9-12(7-8-15(11)20)22-17(23)13-5-3-4-6-14(13)18(22)24;1-8(13-12(14(22)23)3-2-4-18-13)20-21-15(24)19-11-6-9(16)5-10(17)7-11;5-3(6)1-4-2-10(7,8)9/h7-10H,2-6H2,1H3;2-7H,1H3,(H,22,23)(H2,19,21,24);4H,1-2H2,(H,5,6)(H2,7,8,9)/b16-10-;20-8+;. The van der Waals surface area contributed by atoms with Gasteiger partial charge < -0.3 is 30.1 Å². The van der Waals surface area contributed by atoms with Crippen molar-refractivity contribution in [2.75, 3.05) is 29.7 Å². The first-order valence-corrected chi connectivity index (χ1v) is 20.0. The molecule has 0 bridgehead atoms. The summed E-state index contributed by atoms with van der Waals surface area (Å²) in [5.74, 6) is -5.24. The van der Waals surface area contributed by atoms with E-state index in [4.69, 9.17) is 47.9 Å². The Morgan fingerprint density at radius 1 is 1.00 bits per heavy atom. The molecule has 18 nitrogen and oxygen atoms in total. The maximum absolute atomic E-state index is 13.0. The van der Waals surface area contributed by atoms with Crippen molar-refractivity contribution in [3.8, 4) is 0 Å². The second kappa shape index (κ2) is 22.5. The van der Waals surface area contributed by atoms with Crippen molar-refractivity contribution < 1.29 is 66.8 Å². The molecule has 7 N–H and O–H groups in total. The van der Waals surface area contributed by atoms with Gasteiger partial charge in [-0.15, -0.1) is 0 Å². The van der Waals surface area contributed by atoms with Crippen molar-refractivity contribution in [2.45, 2.75) is 39.5 Å². The third-order valence-electron chi connectivity index (χ3n) is 7.80. The molecule has 0 saturated heterocycles. The number of carbonyl (C=O) groups is 6. The number of carboxylic acids is 2. The summed E-state index contributed by atoms with van der Waals surface area (Å²) in [6, 6.07) is 9.21. The van der Waals surface area contributed by atoms with Gasteiger partial charge in [-0.1, -0.05) is 23.2 Å². The fraction of sp³-hybridized carbons (Fsp3) is 0.243. The number of aromatic carboxylic acids is 1. The number of aromatic nitrogens is 1. The third kappa shape index (κ3) is 14.7. The number of amides is 4. The SMILES string of the molecule is C/C(=N\NC(=O)Nc1cc(F)cc(F)c1)c1ncccc1C(=O)O.CCOC(=O)/C(Cl)=C/c1cc(N2C(=O)C3=C(CCCC3)C2=O)ccc1Cl.O=C(O)CNCP(=O)(O)O. The van der Waals surface area contributed by atoms with Crippen LogP contribution in [0.25, 0.3) is 6.08 Å². The fourth-order valence-corrected chi connectivity index (χ4v) is 6.04. The number of nitrogens with zero attached hydrogens (tertiary/aromatic N) is 3. The van der Waals surface area contributed by atoms with E-state index in [1.54, 1.807) is 25.1 Å². The van der Waals surface area contributed by atoms with Gasteiger partial charge in [-0.3, -0.25) is 29.2 Å². The minimum absolute atomic E-state index is 0.0758. The quantitative estimate of drug-likeness (QED) is 0.0290. The lowest BCUT2D eigenvalue weighted by Gasteiger charge is -2.16. The molecule has 2 aromatic carbocycles. The second-order valence-electron chi connectivity index (χ2n) is 12.3. The number of hydrazone groups is 1. The third-order valence-corrected chi connectivity index (χ3v) is 9.04. The van der Waals surface area contributed by atoms with Gasteiger partial charge in [-0.2, -0.15) is 5.10 Å². The van der Waals surface area contributed by atoms with Crippen LogP contribution in [-0.4, -0.2) is 85.9 Å². The monoisotopic (exact) mass is 896 g/mol. The lowest BCUT2D eigenvalue weighted by atomic mass is 9.93. The molecule has 0 saturated carbocycles. The van der Waals surface area contributed by atoms with E-state index in [2.05, 4.69) is 26.1 Å². The van der Waals surface area contributed by atoms with Crippen LogP contribution in [0.5, 0.6) is 0 Å². The molecule has 23 heteroatoms. The Kier molecular flexibility index (Phi) is 18.2. The number of benzene rings is 2. The van der Waals surface area contributed by atoms with E-state index in [1.807, 2.05) is 0 Å². The molecule has 320 valence electrons. The molecule has 1 aromatic heterocycles. The first-order valence-electron chi connectivity index (χ1n) is 17.4. The number of esters is 1. The Morgan fingerprint density at radius 2 is 1.62 bits per heavy atom. The van der Waals surface area contributed by atoms with Gasteiger partial charge in [0.25, 0.3) is 11.8 Å². The van der Waals surface area contributed by atoms with E-state index in [-0.39, 0.29) is 46.1 Å². The first-order chi connectivity index (χ1) is 28.2. The number of imide groups is 1. The van der Waals surface area contributed by atoms with Gasteiger partial charge in [0.15, 0.2) is 0 Å². The molecule has 5 rings (SSSR count). The minimum atomic E-state index is -4.10. The molecule has 0 atom stereocenters. The number of rotatable bonds is 12. The van der Waals surface area contributed by atoms with Crippen LogP contribution < -0.4 is 21.0 Å². The number of pyridine rings is 1. The second-order valence-corrected chi connectivity index (χ2v) is 14.8. The summed E-state index contributed by atoms with van der Waals surface area (Å²) in [5, 5.41) is 25.2. The van der Waals surface area contributed by atoms with Crippen molar-refractivity contribution in [3.63, 3.8) is 0 Å². The number of halogens is 4. The summed E-state index contributed by atoms with van der Waals surface area (Å²) in [5.41, 5.74) is 4.20. The van der Waals surface area contributed by atoms with E-state index >= 15 is 0 Å². The number of urea groups is 1. The average Bonchev–Trinajstić information content (AvgIpc) is 3.43. The van der Waals surface area contributed by atoms with Crippen LogP contribution in [0.15, 0.2) is 76.0 Å². The molecule has 0 radical (unpaired) electrons. The number of carbonyl (C=O) groups excluding carboxylic acids is 4. The van der Waals surface area contributed by atoms with Crippen LogP contribution in [0.4, 0.5) is 25.0 Å². The maximum Gasteiger partial charge on any atom is 0.349 e. The molecular formula is C37H37Cl2F2N6O12P. The van der Waals surface area contributed by atoms with Crippen molar-refractivity contribution in [3.05, 3.63) is 104 Å². The van der Waals surface area contributed by atoms with Gasteiger partial charge >= 0.3 is 31.5 Å². The smallest absolute Gasteiger partial charge is 0.349 e. The van der Waals surface area contributed by atoms with E-state index in [1.165, 1.54) is 36.2 Å². The molecule has 2 heterocycles. The summed E-state index contributed by atoms with van der Waals surface area (Å²) in [4.78, 5) is 91.0. The summed E-state index contributed by atoms with van der Waals surface area (Å²) in [6.45, 7) is 2.89. The Balaban J connectivity index is 0.000000263. The lowest BCUT2D eigenvalue weighted by molar-refractivity contribution is -0.138. The predicted molar refractivity (Wildman–Crippen MR) is 214 cm³/mol. The van der Waals surface area contributed by atoms with Crippen molar-refractivity contribution in [1.29, 1.82) is 0 Å². The van der Waals surface area contributed by atoms with Crippen molar-refractivity contribution in [1.82, 2.24) is 15.7 Å². The fourth-order valence-electron chi connectivity index (χ4n) is 5.30. The largest absolute Gasteiger partial charge is 0.480 e. The van der Waals surface area contributed by atoms with Gasteiger partial charge in [-0.25, -0.2) is 33.5 Å². The van der Waals surface area contributed by atoms with Crippen LogP contribution in [0, 0.1) is 11.6 Å². The minimum Gasteiger partial charge on any atom is -0.480 e. The molecule has 3 aromatic rings. The first kappa shape index (κ1) is 48.5. The van der Waals surface area contributed by atoms with Gasteiger partial charge in [-0.05, 0) is 93.6 Å². The summed E-state index contributed by atoms with van der Waals surface area (Å²) in [7, 11) is -4.10. The Labute approximate surface area is 350 Å². The van der Waals surface area contributed by atoms with Crippen LogP contribution in [0.3, 0.4) is 0 Å². The van der Waals surface area contributed by atoms with E-state index in [9.17, 15) is 42.1 Å². The summed E-state index contributed by atoms with van der Waals surface area (Å²) in [6.07, 6.45) is 5.24. The van der Waals surface area contributed by atoms with Gasteiger partial charge in [0, 0.05) is 34.1 Å². The zero-order valence-corrected chi connectivity index (χ0v) is 34.0. The molecule has 2 aliphatic rings. The van der Waals surface area contributed by atoms with E-state index < -0.39 is 56.0 Å². The molecule has 1 aliphatic carbocycles. The highest BCUT2D eigenvalue weighted by Gasteiger charge is 2.39. The van der Waals surface area contributed by atoms with E-state index in [0.717, 1.165) is 25.0 Å². The number of hydrogen-bond donors (Lipinski definition) is 7. The predicted octanol–water partition coefficient (Wildman–Crippen LogP) is 5.63. The van der Waals surface area contributed by atoms with Crippen molar-refractivity contribution >= 4 is 89.7 Å². The average molecular weight is 898 g/mol. The highest BCUT2D eigenvalue weighted by Crippen LogP contribution is 2.37. The molecule has 0 fully saturated rings. The Morgan fingerprint density at radius 3 is 2.17 bits per heavy atom.